The first-order valence-electron chi connectivity index (χ1n) is 5.68. The van der Waals surface area contributed by atoms with Crippen molar-refractivity contribution in [2.45, 2.75) is 18.2 Å². The van der Waals surface area contributed by atoms with Crippen molar-refractivity contribution >= 4 is 21.6 Å². The lowest BCUT2D eigenvalue weighted by molar-refractivity contribution is -0.119. The maximum Gasteiger partial charge on any atom is 0.244 e. The second-order valence-electron chi connectivity index (χ2n) is 3.69. The molecule has 0 unspecified atom stereocenters. The summed E-state index contributed by atoms with van der Waals surface area (Å²) in [4.78, 5) is 15.0. The molecule has 0 spiro atoms. The summed E-state index contributed by atoms with van der Waals surface area (Å²) in [7, 11) is -3.84. The molecule has 0 aliphatic carbocycles. The smallest absolute Gasteiger partial charge is 0.244 e. The number of nitrogens with zero attached hydrogens (tertiary/aromatic N) is 1. The lowest BCUT2D eigenvalue weighted by Crippen LogP contribution is -2.37. The number of pyridine rings is 1. The number of rotatable bonds is 7. The van der Waals surface area contributed by atoms with Crippen LogP contribution >= 0.6 is 0 Å². The summed E-state index contributed by atoms with van der Waals surface area (Å²) in [5.41, 5.74) is 2.47. The van der Waals surface area contributed by atoms with Crippen LogP contribution in [0, 0.1) is 0 Å². The van der Waals surface area contributed by atoms with Crippen LogP contribution in [0.1, 0.15) is 13.3 Å². The van der Waals surface area contributed by atoms with Crippen LogP contribution in [0.2, 0.25) is 0 Å². The Bertz CT molecular complexity index is 532. The van der Waals surface area contributed by atoms with Gasteiger partial charge in [0.1, 0.15) is 4.90 Å². The molecule has 0 aromatic carbocycles. The van der Waals surface area contributed by atoms with Crippen LogP contribution in [0.4, 0.5) is 5.69 Å². The van der Waals surface area contributed by atoms with Crippen molar-refractivity contribution < 1.29 is 13.2 Å². The number of nitrogens with two attached hydrogens (primary N) is 1. The third kappa shape index (κ3) is 4.47. The summed E-state index contributed by atoms with van der Waals surface area (Å²) >= 11 is 0. The van der Waals surface area contributed by atoms with E-state index >= 15 is 0 Å². The van der Waals surface area contributed by atoms with Crippen LogP contribution < -0.4 is 21.3 Å². The largest absolute Gasteiger partial charge is 0.355 e. The summed E-state index contributed by atoms with van der Waals surface area (Å²) < 4.78 is 26.1. The fraction of sp³-hybridized carbons (Fsp3) is 0.400. The van der Waals surface area contributed by atoms with Crippen molar-refractivity contribution in [1.29, 1.82) is 0 Å². The second kappa shape index (κ2) is 7.02. The number of aromatic nitrogens is 1. The Morgan fingerprint density at radius 2 is 2.21 bits per heavy atom. The average Bonchev–Trinajstić information content (AvgIpc) is 2.43. The summed E-state index contributed by atoms with van der Waals surface area (Å²) in [6.07, 6.45) is 3.34. The second-order valence-corrected chi connectivity index (χ2v) is 5.43. The van der Waals surface area contributed by atoms with E-state index in [0.29, 0.717) is 6.54 Å². The first-order chi connectivity index (χ1) is 9.01. The predicted molar refractivity (Wildman–Crippen MR) is 70.5 cm³/mol. The third-order valence-electron chi connectivity index (χ3n) is 2.22. The van der Waals surface area contributed by atoms with Crippen molar-refractivity contribution in [1.82, 2.24) is 15.0 Å². The molecule has 0 radical (unpaired) electrons. The van der Waals surface area contributed by atoms with Gasteiger partial charge in [0.25, 0.3) is 0 Å². The Labute approximate surface area is 111 Å². The lowest BCUT2D eigenvalue weighted by atomic mass is 10.4. The van der Waals surface area contributed by atoms with Crippen molar-refractivity contribution in [3.8, 4) is 0 Å². The molecule has 0 saturated carbocycles. The zero-order chi connectivity index (χ0) is 14.3. The SMILES string of the molecule is CCCNC(=O)CNS(=O)(=O)c1cnccc1NN. The van der Waals surface area contributed by atoms with Gasteiger partial charge in [-0.1, -0.05) is 6.92 Å². The zero-order valence-electron chi connectivity index (χ0n) is 10.5. The van der Waals surface area contributed by atoms with Gasteiger partial charge in [-0.3, -0.25) is 15.6 Å². The normalized spacial score (nSPS) is 11.1. The van der Waals surface area contributed by atoms with E-state index in [2.05, 4.69) is 20.4 Å². The molecule has 0 bridgehead atoms. The number of hydrogen-bond donors (Lipinski definition) is 4. The van der Waals surface area contributed by atoms with Gasteiger partial charge in [-0.15, -0.1) is 0 Å². The van der Waals surface area contributed by atoms with E-state index < -0.39 is 15.9 Å². The monoisotopic (exact) mass is 287 g/mol. The van der Waals surface area contributed by atoms with E-state index in [4.69, 9.17) is 5.84 Å². The molecule has 1 heterocycles. The van der Waals surface area contributed by atoms with Gasteiger partial charge in [0.2, 0.25) is 15.9 Å². The number of anilines is 1. The van der Waals surface area contributed by atoms with Gasteiger partial charge in [-0.2, -0.15) is 0 Å². The van der Waals surface area contributed by atoms with Gasteiger partial charge >= 0.3 is 0 Å². The standard InChI is InChI=1S/C10H17N5O3S/c1-2-4-13-10(16)7-14-19(17,18)9-6-12-5-3-8(9)15-11/h3,5-6,14H,2,4,7,11H2,1H3,(H,12,15)(H,13,16). The molecule has 9 heteroatoms. The lowest BCUT2D eigenvalue weighted by Gasteiger charge is -2.10. The van der Waals surface area contributed by atoms with Crippen LogP contribution in [-0.2, 0) is 14.8 Å². The Kier molecular flexibility index (Phi) is 5.67. The van der Waals surface area contributed by atoms with E-state index in [1.165, 1.54) is 12.3 Å². The number of hydrogen-bond acceptors (Lipinski definition) is 6. The first-order valence-corrected chi connectivity index (χ1v) is 7.16. The van der Waals surface area contributed by atoms with E-state index in [0.717, 1.165) is 12.6 Å². The van der Waals surface area contributed by atoms with Gasteiger partial charge in [-0.25, -0.2) is 13.1 Å². The molecule has 1 amide bonds. The summed E-state index contributed by atoms with van der Waals surface area (Å²) in [6.45, 7) is 2.07. The quantitative estimate of drug-likeness (QED) is 0.383. The molecule has 8 nitrogen and oxygen atoms in total. The molecule has 19 heavy (non-hydrogen) atoms. The number of nitrogen functional groups attached to an aromatic ring is 1. The maximum atomic E-state index is 12.0. The van der Waals surface area contributed by atoms with E-state index in [-0.39, 0.29) is 17.1 Å². The highest BCUT2D eigenvalue weighted by molar-refractivity contribution is 7.89. The van der Waals surface area contributed by atoms with Crippen LogP contribution in [0.3, 0.4) is 0 Å². The molecule has 0 atom stereocenters. The Hall–Kier alpha value is -1.71. The highest BCUT2D eigenvalue weighted by Crippen LogP contribution is 2.17. The van der Waals surface area contributed by atoms with Crippen LogP contribution in [0.15, 0.2) is 23.4 Å². The summed E-state index contributed by atoms with van der Waals surface area (Å²) in [6, 6.07) is 1.42. The Morgan fingerprint density at radius 1 is 1.47 bits per heavy atom. The fourth-order valence-electron chi connectivity index (χ4n) is 1.28. The number of amides is 1. The predicted octanol–water partition coefficient (Wildman–Crippen LogP) is -0.828. The van der Waals surface area contributed by atoms with Gasteiger partial charge < -0.3 is 10.7 Å². The number of sulfonamides is 1. The summed E-state index contributed by atoms with van der Waals surface area (Å²) in [5.74, 6) is 4.83. The van der Waals surface area contributed by atoms with E-state index in [1.807, 2.05) is 6.92 Å². The molecular weight excluding hydrogens is 270 g/mol. The van der Waals surface area contributed by atoms with Crippen molar-refractivity contribution in [2.24, 2.45) is 5.84 Å². The molecule has 5 N–H and O–H groups in total. The molecule has 1 aromatic heterocycles. The highest BCUT2D eigenvalue weighted by atomic mass is 32.2. The fourth-order valence-corrected chi connectivity index (χ4v) is 2.37. The molecular formula is C10H17N5O3S. The van der Waals surface area contributed by atoms with Gasteiger partial charge in [-0.05, 0) is 12.5 Å². The van der Waals surface area contributed by atoms with Crippen LogP contribution in [0.5, 0.6) is 0 Å². The van der Waals surface area contributed by atoms with Crippen molar-refractivity contribution in [2.75, 3.05) is 18.5 Å². The molecule has 0 saturated heterocycles. The number of hydrazine groups is 1. The number of nitrogens with one attached hydrogen (secondary N) is 3. The maximum absolute atomic E-state index is 12.0. The van der Waals surface area contributed by atoms with Gasteiger partial charge in [0.05, 0.1) is 12.2 Å². The zero-order valence-corrected chi connectivity index (χ0v) is 11.3. The molecule has 1 aromatic rings. The minimum absolute atomic E-state index is 0.110. The third-order valence-corrected chi connectivity index (χ3v) is 3.65. The highest BCUT2D eigenvalue weighted by Gasteiger charge is 2.19. The minimum Gasteiger partial charge on any atom is -0.355 e. The topological polar surface area (TPSA) is 126 Å². The molecule has 0 aliphatic heterocycles. The Balaban J connectivity index is 2.73. The summed E-state index contributed by atoms with van der Waals surface area (Å²) in [5, 5.41) is 2.56. The first kappa shape index (κ1) is 15.3. The Morgan fingerprint density at radius 3 is 2.84 bits per heavy atom. The van der Waals surface area contributed by atoms with E-state index in [9.17, 15) is 13.2 Å². The number of carbonyl (C=O) groups excluding carboxylic acids is 1. The van der Waals surface area contributed by atoms with Gasteiger partial charge in [0, 0.05) is 18.9 Å². The minimum atomic E-state index is -3.84. The molecule has 0 aliphatic rings. The molecule has 0 fully saturated rings. The van der Waals surface area contributed by atoms with Crippen LogP contribution in [-0.4, -0.2) is 32.4 Å². The van der Waals surface area contributed by atoms with Crippen molar-refractivity contribution in [3.05, 3.63) is 18.5 Å². The van der Waals surface area contributed by atoms with Crippen LogP contribution in [0.25, 0.3) is 0 Å². The molecule has 1 rings (SSSR count). The van der Waals surface area contributed by atoms with Crippen molar-refractivity contribution in [3.63, 3.8) is 0 Å². The number of carbonyl (C=O) groups is 1. The average molecular weight is 287 g/mol. The van der Waals surface area contributed by atoms with Gasteiger partial charge in [0.15, 0.2) is 0 Å². The van der Waals surface area contributed by atoms with E-state index in [1.54, 1.807) is 0 Å². The molecule has 106 valence electrons.